The average Bonchev–Trinajstić information content (AvgIpc) is 3.87. The van der Waals surface area contributed by atoms with Crippen LogP contribution in [0.15, 0.2) is 172 Å². The molecule has 0 saturated heterocycles. The Morgan fingerprint density at radius 2 is 1.00 bits per heavy atom. The van der Waals surface area contributed by atoms with Crippen molar-refractivity contribution in [3.8, 4) is 56.4 Å². The van der Waals surface area contributed by atoms with Gasteiger partial charge >= 0.3 is 0 Å². The van der Waals surface area contributed by atoms with Crippen molar-refractivity contribution in [3.05, 3.63) is 164 Å². The second-order valence-electron chi connectivity index (χ2n) is 11.6. The predicted octanol–water partition coefficient (Wildman–Crippen LogP) is 12.0. The van der Waals surface area contributed by atoms with Gasteiger partial charge in [-0.2, -0.15) is 0 Å². The molecule has 7 aromatic carbocycles. The highest BCUT2D eigenvalue weighted by Gasteiger charge is 2.17. The van der Waals surface area contributed by atoms with Crippen molar-refractivity contribution in [1.82, 2.24) is 15.0 Å². The molecule has 0 spiro atoms. The Balaban J connectivity index is 1.21. The van der Waals surface area contributed by atoms with Crippen LogP contribution in [0.4, 0.5) is 0 Å². The fourth-order valence-corrected chi connectivity index (χ4v) is 6.06. The summed E-state index contributed by atoms with van der Waals surface area (Å²) >= 11 is 0. The molecule has 0 bridgehead atoms. The molecule has 3 aromatic heterocycles. The van der Waals surface area contributed by atoms with Crippen LogP contribution in [0.2, 0.25) is 0 Å². The lowest BCUT2D eigenvalue weighted by Crippen LogP contribution is -2.00. The zero-order chi connectivity index (χ0) is 42.6. The van der Waals surface area contributed by atoms with Crippen LogP contribution < -0.4 is 0 Å². The number of furan rings is 2. The van der Waals surface area contributed by atoms with E-state index in [1.54, 1.807) is 6.07 Å². The van der Waals surface area contributed by atoms with E-state index in [1.165, 1.54) is 0 Å². The summed E-state index contributed by atoms with van der Waals surface area (Å²) in [6.07, 6.45) is 0. The first-order valence-electron chi connectivity index (χ1n) is 21.2. The zero-order valence-electron chi connectivity index (χ0n) is 36.9. The number of hydrogen-bond donors (Lipinski definition) is 0. The van der Waals surface area contributed by atoms with E-state index < -0.39 is 77.6 Å². The van der Waals surface area contributed by atoms with E-state index in [2.05, 4.69) is 0 Å². The molecule has 3 heterocycles. The summed E-state index contributed by atoms with van der Waals surface area (Å²) in [5.74, 6) is 0.276. The van der Waals surface area contributed by atoms with E-state index in [0.717, 1.165) is 21.9 Å². The molecule has 0 N–H and O–H groups in total. The maximum Gasteiger partial charge on any atom is 0.164 e. The average molecular weight is 653 g/mol. The highest BCUT2D eigenvalue weighted by molar-refractivity contribution is 6.07. The van der Waals surface area contributed by atoms with Gasteiger partial charge in [-0.1, -0.05) is 121 Å². The van der Waals surface area contributed by atoms with Crippen molar-refractivity contribution in [3.63, 3.8) is 0 Å². The van der Waals surface area contributed by atoms with Gasteiger partial charge in [0, 0.05) is 38.2 Å². The van der Waals surface area contributed by atoms with Crippen LogP contribution >= 0.6 is 0 Å². The van der Waals surface area contributed by atoms with Crippen molar-refractivity contribution in [2.24, 2.45) is 0 Å². The number of aromatic nitrogens is 3. The molecule has 0 fully saturated rings. The predicted molar refractivity (Wildman–Crippen MR) is 202 cm³/mol. The quantitative estimate of drug-likeness (QED) is 0.185. The minimum Gasteiger partial charge on any atom is -0.456 e. The zero-order valence-corrected chi connectivity index (χ0v) is 25.9. The maximum absolute atomic E-state index is 9.44. The van der Waals surface area contributed by atoms with Gasteiger partial charge in [-0.3, -0.25) is 0 Å². The molecule has 0 unspecified atom stereocenters. The first kappa shape index (κ1) is 19.2. The van der Waals surface area contributed by atoms with Gasteiger partial charge in [0.05, 0.1) is 15.1 Å². The van der Waals surface area contributed by atoms with Gasteiger partial charge < -0.3 is 8.83 Å². The lowest BCUT2D eigenvalue weighted by atomic mass is 10.0. The van der Waals surface area contributed by atoms with E-state index in [1.807, 2.05) is 91.0 Å². The third-order valence-corrected chi connectivity index (χ3v) is 8.51. The Hall–Kier alpha value is -6.85. The lowest BCUT2D eigenvalue weighted by molar-refractivity contribution is 0.668. The standard InChI is InChI=1S/C45H27N3O2/c1-3-9-28(10-4-1)30-15-17-31(18-16-30)43-46-44(33-19-22-36-35-13-7-8-14-39(35)49-41(36)26-33)48-45(47-43)34-20-23-37-38-25-32(29-11-5-2-6-12-29)21-24-40(38)50-42(37)27-34/h1-27H/i2D,5D,6D,11D,12D,20D,21D,23D,24D,25D,27D. The van der Waals surface area contributed by atoms with Crippen LogP contribution in [-0.4, -0.2) is 15.0 Å². The minimum absolute atomic E-state index is 0.124. The molecule has 50 heavy (non-hydrogen) atoms. The second kappa shape index (κ2) is 11.4. The van der Waals surface area contributed by atoms with Crippen LogP contribution in [0.1, 0.15) is 15.1 Å². The molecule has 0 atom stereocenters. The molecule has 0 saturated carbocycles. The summed E-state index contributed by atoms with van der Waals surface area (Å²) in [5, 5.41) is 1.41. The highest BCUT2D eigenvalue weighted by Crippen LogP contribution is 2.36. The highest BCUT2D eigenvalue weighted by atomic mass is 16.3. The van der Waals surface area contributed by atoms with Crippen molar-refractivity contribution in [1.29, 1.82) is 0 Å². The molecule has 0 aliphatic carbocycles. The van der Waals surface area contributed by atoms with Crippen molar-refractivity contribution >= 4 is 43.9 Å². The normalized spacial score (nSPS) is 14.7. The van der Waals surface area contributed by atoms with Crippen LogP contribution in [0, 0.1) is 0 Å². The Morgan fingerprint density at radius 1 is 0.360 bits per heavy atom. The van der Waals surface area contributed by atoms with Gasteiger partial charge in [0.1, 0.15) is 22.3 Å². The monoisotopic (exact) mass is 652 g/mol. The SMILES string of the molecule is [2H]c1c([2H])c([2H])c(-c2c([2H])c([2H])c3oc4c([2H])c(-c5nc(-c6ccc(-c7ccccc7)cc6)nc(-c6ccc7c(c6)oc6ccccc67)n5)c([2H])c([2H])c4c3c2[2H])c([2H])c1[2H]. The molecule has 0 radical (unpaired) electrons. The van der Waals surface area contributed by atoms with Crippen molar-refractivity contribution in [2.75, 3.05) is 0 Å². The molecule has 5 heteroatoms. The first-order chi connectivity index (χ1) is 29.3. The van der Waals surface area contributed by atoms with E-state index in [-0.39, 0.29) is 45.0 Å². The van der Waals surface area contributed by atoms with Gasteiger partial charge in [0.2, 0.25) is 0 Å². The number of nitrogens with zero attached hydrogens (tertiary/aromatic N) is 3. The fraction of sp³-hybridized carbons (Fsp3) is 0. The van der Waals surface area contributed by atoms with Gasteiger partial charge in [0.25, 0.3) is 0 Å². The lowest BCUT2D eigenvalue weighted by Gasteiger charge is -2.09. The third-order valence-electron chi connectivity index (χ3n) is 8.51. The molecule has 10 rings (SSSR count). The summed E-state index contributed by atoms with van der Waals surface area (Å²) in [4.78, 5) is 14.4. The topological polar surface area (TPSA) is 65.0 Å². The number of fused-ring (bicyclic) bond motifs is 6. The van der Waals surface area contributed by atoms with Crippen LogP contribution in [0.25, 0.3) is 100 Å². The minimum atomic E-state index is -0.688. The molecule has 0 aliphatic heterocycles. The van der Waals surface area contributed by atoms with Gasteiger partial charge in [-0.15, -0.1) is 0 Å². The van der Waals surface area contributed by atoms with E-state index in [4.69, 9.17) is 33.4 Å². The molecular weight excluding hydrogens is 615 g/mol. The Labute approximate surface area is 302 Å². The molecular formula is C45H27N3O2. The van der Waals surface area contributed by atoms with Crippen LogP contribution in [0.3, 0.4) is 0 Å². The smallest absolute Gasteiger partial charge is 0.164 e. The second-order valence-corrected chi connectivity index (χ2v) is 11.6. The van der Waals surface area contributed by atoms with Gasteiger partial charge in [-0.25, -0.2) is 15.0 Å². The van der Waals surface area contributed by atoms with E-state index >= 15 is 0 Å². The molecule has 234 valence electrons. The maximum atomic E-state index is 9.44. The molecule has 0 aliphatic rings. The number of benzene rings is 7. The first-order valence-corrected chi connectivity index (χ1v) is 15.7. The molecule has 5 nitrogen and oxygen atoms in total. The van der Waals surface area contributed by atoms with Crippen molar-refractivity contribution < 1.29 is 23.9 Å². The Bertz CT molecular complexity index is 3470. The van der Waals surface area contributed by atoms with E-state index in [0.29, 0.717) is 22.3 Å². The van der Waals surface area contributed by atoms with Crippen molar-refractivity contribution in [2.45, 2.75) is 0 Å². The number of para-hydroxylation sites is 1. The third kappa shape index (κ3) is 4.83. The van der Waals surface area contributed by atoms with E-state index in [9.17, 15) is 5.48 Å². The molecule has 0 amide bonds. The van der Waals surface area contributed by atoms with Crippen LogP contribution in [-0.2, 0) is 0 Å². The molecule has 10 aromatic rings. The summed E-state index contributed by atoms with van der Waals surface area (Å²) < 4.78 is 109. The summed E-state index contributed by atoms with van der Waals surface area (Å²) in [5.41, 5.74) is 2.68. The number of rotatable bonds is 5. The Morgan fingerprint density at radius 3 is 1.84 bits per heavy atom. The summed E-state index contributed by atoms with van der Waals surface area (Å²) in [6, 6.07) is 24.0. The summed E-state index contributed by atoms with van der Waals surface area (Å²) in [6.45, 7) is 0. The number of hydrogen-bond acceptors (Lipinski definition) is 5. The van der Waals surface area contributed by atoms with Gasteiger partial charge in [-0.05, 0) is 64.6 Å². The Kier molecular flexibility index (Phi) is 4.38. The summed E-state index contributed by atoms with van der Waals surface area (Å²) in [7, 11) is 0. The van der Waals surface area contributed by atoms with Gasteiger partial charge in [0.15, 0.2) is 17.5 Å². The van der Waals surface area contributed by atoms with Crippen LogP contribution in [0.5, 0.6) is 0 Å². The fourth-order valence-electron chi connectivity index (χ4n) is 6.06. The largest absolute Gasteiger partial charge is 0.456 e.